The van der Waals surface area contributed by atoms with E-state index in [2.05, 4.69) is 9.69 Å². The zero-order valence-electron chi connectivity index (χ0n) is 19.0. The van der Waals surface area contributed by atoms with Gasteiger partial charge in [-0.25, -0.2) is 4.39 Å². The number of primary amides is 1. The van der Waals surface area contributed by atoms with E-state index in [1.165, 1.54) is 43.4 Å². The fraction of sp³-hybridized carbons (Fsp3) is 0.217. The first-order chi connectivity index (χ1) is 16.8. The zero-order valence-corrected chi connectivity index (χ0v) is 19.8. The van der Waals surface area contributed by atoms with Crippen LogP contribution in [0.5, 0.6) is 5.75 Å². The van der Waals surface area contributed by atoms with E-state index in [1.54, 1.807) is 24.3 Å². The molecular formula is C23H24FN5O5S. The summed E-state index contributed by atoms with van der Waals surface area (Å²) in [6.45, 7) is 0.411. The second-order valence-electron chi connectivity index (χ2n) is 7.25. The number of nitrogen functional groups attached to an aromatic ring is 1. The molecular weight excluding hydrogens is 477 g/mol. The molecule has 10 nitrogen and oxygen atoms in total. The van der Waals surface area contributed by atoms with Crippen molar-refractivity contribution in [2.75, 3.05) is 38.0 Å². The summed E-state index contributed by atoms with van der Waals surface area (Å²) in [6.07, 6.45) is 0. The number of hydrogen-bond donors (Lipinski definition) is 3. The molecule has 0 aliphatic carbocycles. The lowest BCUT2D eigenvalue weighted by Gasteiger charge is -2.31. The molecule has 3 rings (SSSR count). The predicted molar refractivity (Wildman–Crippen MR) is 129 cm³/mol. The van der Waals surface area contributed by atoms with E-state index in [-0.39, 0.29) is 29.4 Å². The van der Waals surface area contributed by atoms with Gasteiger partial charge in [-0.1, -0.05) is 12.1 Å². The van der Waals surface area contributed by atoms with E-state index in [9.17, 15) is 18.8 Å². The molecule has 0 bridgehead atoms. The van der Waals surface area contributed by atoms with Gasteiger partial charge in [0, 0.05) is 19.3 Å². The average Bonchev–Trinajstić information content (AvgIpc) is 3.24. The Labute approximate surface area is 204 Å². The van der Waals surface area contributed by atoms with Gasteiger partial charge in [0.25, 0.3) is 11.8 Å². The minimum atomic E-state index is -1.23. The minimum absolute atomic E-state index is 0.0774. The average molecular weight is 502 g/mol. The molecule has 1 atom stereocenters. The van der Waals surface area contributed by atoms with Crippen molar-refractivity contribution in [2.24, 2.45) is 5.73 Å². The molecule has 0 aliphatic rings. The molecule has 3 amide bonds. The van der Waals surface area contributed by atoms with Crippen LogP contribution in [-0.2, 0) is 9.53 Å². The number of aromatic nitrogens is 1. The molecule has 0 spiro atoms. The molecule has 0 fully saturated rings. The van der Waals surface area contributed by atoms with Crippen LogP contribution in [0, 0.1) is 5.82 Å². The van der Waals surface area contributed by atoms with E-state index in [1.807, 2.05) is 0 Å². The standard InChI is InChI=1S/C23H24FN5O5S/c1-33-12-11-27-22(31)19(13-3-5-14(24)6-4-13)29(15-7-9-16(34-2)10-8-15)23(32)20-17(25)18(21(26)30)28-35-20/h3-10,19H,11-12,25H2,1-2H3,(H2,26,30)(H,27,31)/t19-/m0/s1. The van der Waals surface area contributed by atoms with E-state index < -0.39 is 29.6 Å². The number of carbonyl (C=O) groups is 3. The van der Waals surface area contributed by atoms with Crippen LogP contribution >= 0.6 is 11.5 Å². The van der Waals surface area contributed by atoms with Gasteiger partial charge >= 0.3 is 0 Å². The number of hydrogen-bond acceptors (Lipinski definition) is 8. The van der Waals surface area contributed by atoms with Gasteiger partial charge in [-0.15, -0.1) is 0 Å². The third kappa shape index (κ3) is 5.73. The monoisotopic (exact) mass is 501 g/mol. The van der Waals surface area contributed by atoms with Crippen molar-refractivity contribution in [1.29, 1.82) is 0 Å². The summed E-state index contributed by atoms with van der Waals surface area (Å²) >= 11 is 0.688. The Morgan fingerprint density at radius 1 is 1.11 bits per heavy atom. The van der Waals surface area contributed by atoms with Crippen molar-refractivity contribution in [3.8, 4) is 5.75 Å². The molecule has 0 unspecified atom stereocenters. The fourth-order valence-electron chi connectivity index (χ4n) is 3.30. The summed E-state index contributed by atoms with van der Waals surface area (Å²) in [5.74, 6) is -2.11. The van der Waals surface area contributed by atoms with Crippen LogP contribution in [0.3, 0.4) is 0 Å². The second kappa shape index (κ2) is 11.4. The molecule has 12 heteroatoms. The largest absolute Gasteiger partial charge is 0.497 e. The number of halogens is 1. The molecule has 0 aliphatic heterocycles. The number of carbonyl (C=O) groups excluding carboxylic acids is 3. The van der Waals surface area contributed by atoms with E-state index >= 15 is 0 Å². The SMILES string of the molecule is COCCNC(=O)[C@H](c1ccc(F)cc1)N(C(=O)c1snc(C(N)=O)c1N)c1ccc(OC)cc1. The molecule has 0 radical (unpaired) electrons. The molecule has 1 aromatic heterocycles. The molecule has 0 saturated heterocycles. The van der Waals surface area contributed by atoms with Crippen molar-refractivity contribution in [3.05, 3.63) is 70.5 Å². The van der Waals surface area contributed by atoms with Crippen LogP contribution in [-0.4, -0.2) is 49.5 Å². The Kier molecular flexibility index (Phi) is 8.34. The van der Waals surface area contributed by atoms with Crippen LogP contribution in [0.15, 0.2) is 48.5 Å². The van der Waals surface area contributed by atoms with Gasteiger partial charge in [0.15, 0.2) is 5.69 Å². The second-order valence-corrected chi connectivity index (χ2v) is 8.02. The Bertz CT molecular complexity index is 1200. The normalized spacial score (nSPS) is 11.5. The molecule has 0 saturated carbocycles. The molecule has 184 valence electrons. The maximum atomic E-state index is 13.8. The highest BCUT2D eigenvalue weighted by Crippen LogP contribution is 2.34. The number of amides is 3. The van der Waals surface area contributed by atoms with Gasteiger partial charge in [0.1, 0.15) is 22.5 Å². The van der Waals surface area contributed by atoms with Crippen molar-refractivity contribution >= 4 is 40.6 Å². The summed E-state index contributed by atoms with van der Waals surface area (Å²) in [7, 11) is 2.98. The first-order valence-corrected chi connectivity index (χ1v) is 11.1. The van der Waals surface area contributed by atoms with Crippen molar-refractivity contribution in [2.45, 2.75) is 6.04 Å². The van der Waals surface area contributed by atoms with Crippen molar-refractivity contribution < 1.29 is 28.2 Å². The number of nitrogens with one attached hydrogen (secondary N) is 1. The third-order valence-corrected chi connectivity index (χ3v) is 5.87. The van der Waals surface area contributed by atoms with Gasteiger partial charge in [0.2, 0.25) is 5.91 Å². The van der Waals surface area contributed by atoms with Gasteiger partial charge < -0.3 is 26.3 Å². The van der Waals surface area contributed by atoms with Crippen LogP contribution < -0.4 is 26.4 Å². The van der Waals surface area contributed by atoms with Gasteiger partial charge in [-0.05, 0) is 53.5 Å². The van der Waals surface area contributed by atoms with Gasteiger partial charge in [0.05, 0.1) is 19.4 Å². The van der Waals surface area contributed by atoms with Crippen LogP contribution in [0.25, 0.3) is 0 Å². The summed E-state index contributed by atoms with van der Waals surface area (Å²) in [5.41, 5.74) is 11.5. The maximum Gasteiger partial charge on any atom is 0.273 e. The minimum Gasteiger partial charge on any atom is -0.497 e. The summed E-state index contributed by atoms with van der Waals surface area (Å²) in [6, 6.07) is 10.4. The molecule has 3 aromatic rings. The predicted octanol–water partition coefficient (Wildman–Crippen LogP) is 2.12. The summed E-state index contributed by atoms with van der Waals surface area (Å²) in [5, 5.41) is 2.72. The number of nitrogens with zero attached hydrogens (tertiary/aromatic N) is 2. The summed E-state index contributed by atoms with van der Waals surface area (Å²) in [4.78, 5) is 40.0. The van der Waals surface area contributed by atoms with E-state index in [4.69, 9.17) is 20.9 Å². The number of nitrogens with two attached hydrogens (primary N) is 2. The Morgan fingerprint density at radius 2 is 1.77 bits per heavy atom. The van der Waals surface area contributed by atoms with E-state index in [0.29, 0.717) is 28.5 Å². The third-order valence-electron chi connectivity index (χ3n) is 5.02. The maximum absolute atomic E-state index is 13.8. The quantitative estimate of drug-likeness (QED) is 0.360. The number of rotatable bonds is 10. The lowest BCUT2D eigenvalue weighted by atomic mass is 10.0. The lowest BCUT2D eigenvalue weighted by molar-refractivity contribution is -0.122. The van der Waals surface area contributed by atoms with Gasteiger partial charge in [-0.3, -0.25) is 19.3 Å². The van der Waals surface area contributed by atoms with Crippen molar-refractivity contribution in [1.82, 2.24) is 9.69 Å². The molecule has 35 heavy (non-hydrogen) atoms. The summed E-state index contributed by atoms with van der Waals surface area (Å²) < 4.78 is 27.8. The van der Waals surface area contributed by atoms with Crippen LogP contribution in [0.1, 0.15) is 31.8 Å². The number of methoxy groups -OCH3 is 2. The number of anilines is 2. The first kappa shape index (κ1) is 25.6. The molecule has 5 N–H and O–H groups in total. The van der Waals surface area contributed by atoms with Crippen LogP contribution in [0.4, 0.5) is 15.8 Å². The smallest absolute Gasteiger partial charge is 0.273 e. The molecule has 1 heterocycles. The molecule has 2 aromatic carbocycles. The first-order valence-electron chi connectivity index (χ1n) is 10.3. The fourth-order valence-corrected chi connectivity index (χ4v) is 4.04. The Balaban J connectivity index is 2.17. The Morgan fingerprint density at radius 3 is 2.31 bits per heavy atom. The highest BCUT2D eigenvalue weighted by atomic mass is 32.1. The van der Waals surface area contributed by atoms with Crippen LogP contribution in [0.2, 0.25) is 0 Å². The van der Waals surface area contributed by atoms with Crippen molar-refractivity contribution in [3.63, 3.8) is 0 Å². The highest BCUT2D eigenvalue weighted by molar-refractivity contribution is 7.09. The highest BCUT2D eigenvalue weighted by Gasteiger charge is 2.36. The Hall–Kier alpha value is -4.03. The lowest BCUT2D eigenvalue weighted by Crippen LogP contribution is -2.44. The number of ether oxygens (including phenoxy) is 2. The van der Waals surface area contributed by atoms with Gasteiger partial charge in [-0.2, -0.15) is 4.37 Å². The zero-order chi connectivity index (χ0) is 25.5. The topological polar surface area (TPSA) is 150 Å². The van der Waals surface area contributed by atoms with E-state index in [0.717, 1.165) is 0 Å². The number of benzene rings is 2.